The first-order valence-electron chi connectivity index (χ1n) is 5.29. The summed E-state index contributed by atoms with van der Waals surface area (Å²) in [6, 6.07) is 6.10. The lowest BCUT2D eigenvalue weighted by molar-refractivity contribution is -0.136. The predicted octanol–water partition coefficient (Wildman–Crippen LogP) is 3.82. The molecule has 0 aliphatic rings. The molecule has 1 aromatic carbocycles. The summed E-state index contributed by atoms with van der Waals surface area (Å²) < 4.78 is 13.7. The maximum absolute atomic E-state index is 13.7. The van der Waals surface area contributed by atoms with E-state index in [9.17, 15) is 9.18 Å². The summed E-state index contributed by atoms with van der Waals surface area (Å²) in [6.07, 6.45) is 0.953. The molecule has 0 aliphatic carbocycles. The van der Waals surface area contributed by atoms with Gasteiger partial charge in [-0.25, -0.2) is 4.39 Å². The summed E-state index contributed by atoms with van der Waals surface area (Å²) in [7, 11) is 0. The molecule has 0 amide bonds. The van der Waals surface area contributed by atoms with Gasteiger partial charge in [0.05, 0.1) is 22.2 Å². The van der Waals surface area contributed by atoms with Crippen molar-refractivity contribution < 1.29 is 14.3 Å². The Kier molecular flexibility index (Phi) is 4.02. The van der Waals surface area contributed by atoms with Gasteiger partial charge in [-0.2, -0.15) is 0 Å². The fourth-order valence-electron chi connectivity index (χ4n) is 1.57. The molecule has 2 rings (SSSR count). The molecule has 98 valence electrons. The van der Waals surface area contributed by atoms with Crippen LogP contribution in [0, 0.1) is 5.82 Å². The molecule has 0 fully saturated rings. The van der Waals surface area contributed by atoms with E-state index in [0.29, 0.717) is 21.2 Å². The van der Waals surface area contributed by atoms with E-state index in [0.717, 1.165) is 0 Å². The largest absolute Gasteiger partial charge is 0.481 e. The van der Waals surface area contributed by atoms with Crippen molar-refractivity contribution >= 4 is 29.2 Å². The second-order valence-electron chi connectivity index (χ2n) is 3.85. The monoisotopic (exact) mass is 299 g/mol. The molecular formula is C13H8Cl2FNO2. The molecule has 0 saturated carbocycles. The van der Waals surface area contributed by atoms with Gasteiger partial charge in [-0.15, -0.1) is 0 Å². The zero-order chi connectivity index (χ0) is 14.0. The Morgan fingerprint density at radius 3 is 2.53 bits per heavy atom. The Hall–Kier alpha value is -1.65. The number of rotatable bonds is 3. The predicted molar refractivity (Wildman–Crippen MR) is 71.0 cm³/mol. The maximum atomic E-state index is 13.7. The molecule has 6 heteroatoms. The van der Waals surface area contributed by atoms with Crippen molar-refractivity contribution in [2.24, 2.45) is 0 Å². The maximum Gasteiger partial charge on any atom is 0.309 e. The zero-order valence-corrected chi connectivity index (χ0v) is 11.0. The van der Waals surface area contributed by atoms with Gasteiger partial charge in [-0.05, 0) is 23.8 Å². The summed E-state index contributed by atoms with van der Waals surface area (Å²) >= 11 is 11.7. The van der Waals surface area contributed by atoms with Crippen LogP contribution in [0.2, 0.25) is 10.0 Å². The van der Waals surface area contributed by atoms with Gasteiger partial charge in [-0.3, -0.25) is 9.78 Å². The molecule has 0 atom stereocenters. The lowest BCUT2D eigenvalue weighted by Gasteiger charge is -2.05. The molecular weight excluding hydrogens is 292 g/mol. The standard InChI is InChI=1S/C13H8Cl2FNO2/c14-9-2-1-7(3-10(9)15)8-4-11(16)12(17-6-8)5-13(18)19/h1-4,6H,5H2,(H,18,19). The van der Waals surface area contributed by atoms with Crippen LogP contribution >= 0.6 is 23.2 Å². The number of hydrogen-bond donors (Lipinski definition) is 1. The van der Waals surface area contributed by atoms with Gasteiger partial charge in [0, 0.05) is 11.8 Å². The van der Waals surface area contributed by atoms with Crippen LogP contribution in [-0.4, -0.2) is 16.1 Å². The van der Waals surface area contributed by atoms with E-state index in [4.69, 9.17) is 28.3 Å². The molecule has 0 bridgehead atoms. The van der Waals surface area contributed by atoms with Crippen molar-refractivity contribution in [1.29, 1.82) is 0 Å². The van der Waals surface area contributed by atoms with Crippen molar-refractivity contribution in [3.8, 4) is 11.1 Å². The Bertz CT molecular complexity index is 647. The van der Waals surface area contributed by atoms with Crippen LogP contribution in [0.5, 0.6) is 0 Å². The SMILES string of the molecule is O=C(O)Cc1ncc(-c2ccc(Cl)c(Cl)c2)cc1F. The van der Waals surface area contributed by atoms with Gasteiger partial charge in [0.2, 0.25) is 0 Å². The van der Waals surface area contributed by atoms with E-state index in [1.165, 1.54) is 12.3 Å². The number of halogens is 3. The molecule has 19 heavy (non-hydrogen) atoms. The number of nitrogens with zero attached hydrogens (tertiary/aromatic N) is 1. The van der Waals surface area contributed by atoms with E-state index in [1.54, 1.807) is 18.2 Å². The molecule has 1 N–H and O–H groups in total. The molecule has 1 aromatic heterocycles. The lowest BCUT2D eigenvalue weighted by atomic mass is 10.1. The molecule has 0 aliphatic heterocycles. The third-order valence-electron chi connectivity index (χ3n) is 2.49. The van der Waals surface area contributed by atoms with Crippen LogP contribution < -0.4 is 0 Å². The van der Waals surface area contributed by atoms with Crippen molar-refractivity contribution in [2.75, 3.05) is 0 Å². The highest BCUT2D eigenvalue weighted by Gasteiger charge is 2.11. The summed E-state index contributed by atoms with van der Waals surface area (Å²) in [5, 5.41) is 9.37. The number of pyridine rings is 1. The number of aromatic nitrogens is 1. The highest BCUT2D eigenvalue weighted by Crippen LogP contribution is 2.28. The number of aliphatic carboxylic acids is 1. The molecule has 3 nitrogen and oxygen atoms in total. The van der Waals surface area contributed by atoms with E-state index >= 15 is 0 Å². The van der Waals surface area contributed by atoms with Crippen LogP contribution in [0.1, 0.15) is 5.69 Å². The minimum atomic E-state index is -1.13. The Balaban J connectivity index is 2.38. The van der Waals surface area contributed by atoms with Crippen LogP contribution in [0.15, 0.2) is 30.5 Å². The Labute approximate surface area is 118 Å². The Morgan fingerprint density at radius 1 is 1.21 bits per heavy atom. The number of carboxylic acid groups (broad SMARTS) is 1. The third kappa shape index (κ3) is 3.22. The van der Waals surface area contributed by atoms with Gasteiger partial charge in [0.15, 0.2) is 0 Å². The van der Waals surface area contributed by atoms with E-state index in [2.05, 4.69) is 4.98 Å². The van der Waals surface area contributed by atoms with E-state index in [-0.39, 0.29) is 5.69 Å². The summed E-state index contributed by atoms with van der Waals surface area (Å²) in [4.78, 5) is 14.3. The van der Waals surface area contributed by atoms with E-state index < -0.39 is 18.2 Å². The van der Waals surface area contributed by atoms with Crippen molar-refractivity contribution in [3.63, 3.8) is 0 Å². The van der Waals surface area contributed by atoms with Gasteiger partial charge in [-0.1, -0.05) is 29.3 Å². The molecule has 0 spiro atoms. The summed E-state index contributed by atoms with van der Waals surface area (Å²) in [5.74, 6) is -1.79. The van der Waals surface area contributed by atoms with Crippen molar-refractivity contribution in [1.82, 2.24) is 4.98 Å². The van der Waals surface area contributed by atoms with Crippen molar-refractivity contribution in [3.05, 3.63) is 52.0 Å². The van der Waals surface area contributed by atoms with Gasteiger partial charge in [0.25, 0.3) is 0 Å². The average Bonchev–Trinajstić information content (AvgIpc) is 2.35. The van der Waals surface area contributed by atoms with Gasteiger partial charge < -0.3 is 5.11 Å². The first kappa shape index (κ1) is 13.8. The summed E-state index contributed by atoms with van der Waals surface area (Å²) in [5.41, 5.74) is 1.06. The normalized spacial score (nSPS) is 10.5. The minimum Gasteiger partial charge on any atom is -0.481 e. The number of carboxylic acids is 1. The molecule has 0 unspecified atom stereocenters. The molecule has 2 aromatic rings. The van der Waals surface area contributed by atoms with Crippen LogP contribution in [0.3, 0.4) is 0 Å². The number of carbonyl (C=O) groups is 1. The smallest absolute Gasteiger partial charge is 0.309 e. The number of hydrogen-bond acceptors (Lipinski definition) is 2. The van der Waals surface area contributed by atoms with Gasteiger partial charge in [0.1, 0.15) is 5.82 Å². The highest BCUT2D eigenvalue weighted by atomic mass is 35.5. The van der Waals surface area contributed by atoms with Crippen LogP contribution in [0.25, 0.3) is 11.1 Å². The number of benzene rings is 1. The van der Waals surface area contributed by atoms with Crippen LogP contribution in [-0.2, 0) is 11.2 Å². The highest BCUT2D eigenvalue weighted by molar-refractivity contribution is 6.42. The topological polar surface area (TPSA) is 50.2 Å². The molecule has 0 radical (unpaired) electrons. The summed E-state index contributed by atoms with van der Waals surface area (Å²) in [6.45, 7) is 0. The quantitative estimate of drug-likeness (QED) is 0.937. The zero-order valence-electron chi connectivity index (χ0n) is 9.53. The first-order valence-corrected chi connectivity index (χ1v) is 6.04. The second-order valence-corrected chi connectivity index (χ2v) is 4.67. The second kappa shape index (κ2) is 5.55. The van der Waals surface area contributed by atoms with E-state index in [1.807, 2.05) is 0 Å². The van der Waals surface area contributed by atoms with Crippen LogP contribution in [0.4, 0.5) is 4.39 Å². The molecule has 1 heterocycles. The Morgan fingerprint density at radius 2 is 1.95 bits per heavy atom. The van der Waals surface area contributed by atoms with Crippen molar-refractivity contribution in [2.45, 2.75) is 6.42 Å². The molecule has 0 saturated heterocycles. The third-order valence-corrected chi connectivity index (χ3v) is 3.23. The van der Waals surface area contributed by atoms with Gasteiger partial charge >= 0.3 is 5.97 Å². The fourth-order valence-corrected chi connectivity index (χ4v) is 1.87. The minimum absolute atomic E-state index is 0.101. The first-order chi connectivity index (χ1) is 8.97. The lowest BCUT2D eigenvalue weighted by Crippen LogP contribution is -2.05. The average molecular weight is 300 g/mol. The fraction of sp³-hybridized carbons (Fsp3) is 0.0769.